The second-order valence-electron chi connectivity index (χ2n) is 3.23. The summed E-state index contributed by atoms with van der Waals surface area (Å²) in [5, 5.41) is 2.96. The molecule has 0 fully saturated rings. The molecule has 0 aliphatic rings. The lowest BCUT2D eigenvalue weighted by Crippen LogP contribution is -2.30. The third-order valence-corrected chi connectivity index (χ3v) is 3.30. The number of hydrogen-bond acceptors (Lipinski definition) is 5. The first-order valence-corrected chi connectivity index (χ1v) is 6.46. The largest absolute Gasteiger partial charge is 0.383 e. The molecule has 0 saturated heterocycles. The van der Waals surface area contributed by atoms with E-state index in [9.17, 15) is 0 Å². The third-order valence-electron chi connectivity index (χ3n) is 2.08. The maximum atomic E-state index is 5.73. The Morgan fingerprint density at radius 3 is 2.38 bits per heavy atom. The molecule has 0 saturated carbocycles. The molecular weight excluding hydrogens is 248 g/mol. The number of anilines is 1. The fourth-order valence-corrected chi connectivity index (χ4v) is 2.32. The van der Waals surface area contributed by atoms with Gasteiger partial charge in [-0.1, -0.05) is 0 Å². The first-order chi connectivity index (χ1) is 7.81. The molecule has 1 heterocycles. The van der Waals surface area contributed by atoms with Crippen molar-refractivity contribution in [2.45, 2.75) is 5.88 Å². The molecule has 1 aromatic rings. The monoisotopic (exact) mass is 264 g/mol. The van der Waals surface area contributed by atoms with Crippen molar-refractivity contribution < 1.29 is 9.47 Å². The number of halogens is 1. The van der Waals surface area contributed by atoms with Gasteiger partial charge in [-0.25, -0.2) is 4.98 Å². The number of nitrogens with zero attached hydrogens (tertiary/aromatic N) is 2. The minimum Gasteiger partial charge on any atom is -0.383 e. The highest BCUT2D eigenvalue weighted by Gasteiger charge is 2.10. The molecule has 0 bridgehead atoms. The van der Waals surface area contributed by atoms with E-state index in [0.717, 1.165) is 23.9 Å². The lowest BCUT2D eigenvalue weighted by molar-refractivity contribution is 0.190. The van der Waals surface area contributed by atoms with E-state index in [4.69, 9.17) is 21.1 Å². The number of ether oxygens (including phenoxy) is 2. The maximum Gasteiger partial charge on any atom is 0.185 e. The molecule has 92 valence electrons. The number of thiazole rings is 1. The number of hydrogen-bond donors (Lipinski definition) is 0. The van der Waals surface area contributed by atoms with Gasteiger partial charge >= 0.3 is 0 Å². The summed E-state index contributed by atoms with van der Waals surface area (Å²) < 4.78 is 10.2. The van der Waals surface area contributed by atoms with Crippen molar-refractivity contribution in [3.05, 3.63) is 11.1 Å². The average Bonchev–Trinajstić information content (AvgIpc) is 2.78. The quantitative estimate of drug-likeness (QED) is 0.673. The Balaban J connectivity index is 2.58. The van der Waals surface area contributed by atoms with Crippen LogP contribution in [0, 0.1) is 0 Å². The predicted molar refractivity (Wildman–Crippen MR) is 67.6 cm³/mol. The van der Waals surface area contributed by atoms with Gasteiger partial charge in [0.05, 0.1) is 24.8 Å². The van der Waals surface area contributed by atoms with Crippen LogP contribution in [0.15, 0.2) is 5.38 Å². The van der Waals surface area contributed by atoms with Crippen LogP contribution in [0.25, 0.3) is 0 Å². The third kappa shape index (κ3) is 4.25. The topological polar surface area (TPSA) is 34.6 Å². The Morgan fingerprint density at radius 1 is 1.31 bits per heavy atom. The molecular formula is C10H17ClN2O2S. The van der Waals surface area contributed by atoms with E-state index in [2.05, 4.69) is 9.88 Å². The summed E-state index contributed by atoms with van der Waals surface area (Å²) in [5.41, 5.74) is 0.918. The second-order valence-corrected chi connectivity index (χ2v) is 4.33. The molecule has 0 aliphatic carbocycles. The Morgan fingerprint density at radius 2 is 1.94 bits per heavy atom. The molecule has 16 heavy (non-hydrogen) atoms. The zero-order valence-corrected chi connectivity index (χ0v) is 11.2. The number of methoxy groups -OCH3 is 2. The van der Waals surface area contributed by atoms with E-state index in [0.29, 0.717) is 19.1 Å². The Hall–Kier alpha value is -0.360. The molecule has 0 unspecified atom stereocenters. The zero-order chi connectivity index (χ0) is 11.8. The van der Waals surface area contributed by atoms with Crippen LogP contribution < -0.4 is 4.90 Å². The Kier molecular flexibility index (Phi) is 6.71. The van der Waals surface area contributed by atoms with Crippen molar-refractivity contribution in [1.82, 2.24) is 4.98 Å². The van der Waals surface area contributed by atoms with Crippen molar-refractivity contribution >= 4 is 28.1 Å². The van der Waals surface area contributed by atoms with Crippen LogP contribution in [-0.2, 0) is 15.4 Å². The Bertz CT molecular complexity index is 288. The first-order valence-electron chi connectivity index (χ1n) is 5.05. The van der Waals surface area contributed by atoms with Crippen LogP contribution in [0.2, 0.25) is 0 Å². The van der Waals surface area contributed by atoms with Gasteiger partial charge < -0.3 is 14.4 Å². The lowest BCUT2D eigenvalue weighted by Gasteiger charge is -2.20. The molecule has 1 aromatic heterocycles. The van der Waals surface area contributed by atoms with Gasteiger partial charge in [0.1, 0.15) is 0 Å². The first kappa shape index (κ1) is 13.7. The van der Waals surface area contributed by atoms with E-state index >= 15 is 0 Å². The Labute approximate surface area is 105 Å². The van der Waals surface area contributed by atoms with Gasteiger partial charge in [-0.2, -0.15) is 0 Å². The van der Waals surface area contributed by atoms with E-state index in [-0.39, 0.29) is 0 Å². The number of rotatable bonds is 8. The maximum absolute atomic E-state index is 5.73. The molecule has 0 N–H and O–H groups in total. The van der Waals surface area contributed by atoms with E-state index < -0.39 is 0 Å². The van der Waals surface area contributed by atoms with Crippen molar-refractivity contribution in [2.75, 3.05) is 45.4 Å². The molecule has 4 nitrogen and oxygen atoms in total. The van der Waals surface area contributed by atoms with Crippen molar-refractivity contribution in [1.29, 1.82) is 0 Å². The molecule has 0 atom stereocenters. The zero-order valence-electron chi connectivity index (χ0n) is 9.61. The molecule has 0 spiro atoms. The van der Waals surface area contributed by atoms with Crippen molar-refractivity contribution in [3.63, 3.8) is 0 Å². The van der Waals surface area contributed by atoms with Crippen LogP contribution >= 0.6 is 22.9 Å². The summed E-state index contributed by atoms with van der Waals surface area (Å²) in [6, 6.07) is 0. The number of aromatic nitrogens is 1. The van der Waals surface area contributed by atoms with Gasteiger partial charge in [0.2, 0.25) is 0 Å². The smallest absolute Gasteiger partial charge is 0.185 e. The van der Waals surface area contributed by atoms with Crippen molar-refractivity contribution in [3.8, 4) is 0 Å². The molecule has 0 amide bonds. The summed E-state index contributed by atoms with van der Waals surface area (Å²) in [4.78, 5) is 6.58. The SMILES string of the molecule is COCCN(CCOC)c1nc(CCl)cs1. The fourth-order valence-electron chi connectivity index (χ4n) is 1.21. The van der Waals surface area contributed by atoms with Gasteiger partial charge in [-0.05, 0) is 0 Å². The van der Waals surface area contributed by atoms with Crippen LogP contribution in [0.4, 0.5) is 5.13 Å². The van der Waals surface area contributed by atoms with Crippen LogP contribution in [0.1, 0.15) is 5.69 Å². The van der Waals surface area contributed by atoms with Crippen molar-refractivity contribution in [2.24, 2.45) is 0 Å². The molecule has 6 heteroatoms. The summed E-state index contributed by atoms with van der Waals surface area (Å²) in [5.74, 6) is 0.457. The standard InChI is InChI=1S/C10H17ClN2O2S/c1-14-5-3-13(4-6-15-2)10-12-9(7-11)8-16-10/h8H,3-7H2,1-2H3. The van der Waals surface area contributed by atoms with Gasteiger partial charge in [0.25, 0.3) is 0 Å². The highest BCUT2D eigenvalue weighted by molar-refractivity contribution is 7.13. The second kappa shape index (κ2) is 7.84. The average molecular weight is 265 g/mol. The summed E-state index contributed by atoms with van der Waals surface area (Å²) in [6.07, 6.45) is 0. The van der Waals surface area contributed by atoms with Crippen LogP contribution in [0.5, 0.6) is 0 Å². The summed E-state index contributed by atoms with van der Waals surface area (Å²) >= 11 is 7.33. The number of alkyl halides is 1. The van der Waals surface area contributed by atoms with E-state index in [1.807, 2.05) is 5.38 Å². The minimum absolute atomic E-state index is 0.457. The van der Waals surface area contributed by atoms with Gasteiger partial charge in [0, 0.05) is 32.7 Å². The molecule has 0 aliphatic heterocycles. The summed E-state index contributed by atoms with van der Waals surface area (Å²) in [6.45, 7) is 2.99. The fraction of sp³-hybridized carbons (Fsp3) is 0.700. The highest BCUT2D eigenvalue weighted by Crippen LogP contribution is 2.21. The molecule has 0 aromatic carbocycles. The van der Waals surface area contributed by atoms with E-state index in [1.54, 1.807) is 25.6 Å². The summed E-state index contributed by atoms with van der Waals surface area (Å²) in [7, 11) is 3.39. The minimum atomic E-state index is 0.457. The lowest BCUT2D eigenvalue weighted by atomic mass is 10.5. The molecule has 1 rings (SSSR count). The molecule has 0 radical (unpaired) electrons. The van der Waals surface area contributed by atoms with Gasteiger partial charge in [-0.15, -0.1) is 22.9 Å². The highest BCUT2D eigenvalue weighted by atomic mass is 35.5. The normalized spacial score (nSPS) is 10.7. The van der Waals surface area contributed by atoms with Crippen LogP contribution in [0.3, 0.4) is 0 Å². The van der Waals surface area contributed by atoms with E-state index in [1.165, 1.54) is 0 Å². The predicted octanol–water partition coefficient (Wildman–Crippen LogP) is 1.98. The van der Waals surface area contributed by atoms with Crippen LogP contribution in [-0.4, -0.2) is 45.5 Å². The van der Waals surface area contributed by atoms with Gasteiger partial charge in [-0.3, -0.25) is 0 Å². The van der Waals surface area contributed by atoms with Gasteiger partial charge in [0.15, 0.2) is 5.13 Å².